The van der Waals surface area contributed by atoms with Gasteiger partial charge in [0.05, 0.1) is 0 Å². The summed E-state index contributed by atoms with van der Waals surface area (Å²) in [5, 5.41) is 11.6. The second-order valence-electron chi connectivity index (χ2n) is 6.03. The van der Waals surface area contributed by atoms with E-state index in [1.54, 1.807) is 0 Å². The molecule has 2 amide bonds. The summed E-state index contributed by atoms with van der Waals surface area (Å²) in [5.41, 5.74) is 0. The fourth-order valence-electron chi connectivity index (χ4n) is 3.02. The predicted octanol–water partition coefficient (Wildman–Crippen LogP) is 2.46. The summed E-state index contributed by atoms with van der Waals surface area (Å²) >= 11 is 0. The van der Waals surface area contributed by atoms with Crippen LogP contribution in [-0.4, -0.2) is 47.1 Å². The highest BCUT2D eigenvalue weighted by Crippen LogP contribution is 2.37. The van der Waals surface area contributed by atoms with Crippen molar-refractivity contribution in [1.82, 2.24) is 10.2 Å². The van der Waals surface area contributed by atoms with Gasteiger partial charge in [0.25, 0.3) is 0 Å². The predicted molar refractivity (Wildman–Crippen MR) is 72.3 cm³/mol. The van der Waals surface area contributed by atoms with Crippen LogP contribution in [0.25, 0.3) is 0 Å². The first-order chi connectivity index (χ1) is 9.89. The Bertz CT molecular complexity index is 394. The zero-order chi connectivity index (χ0) is 15.5. The third-order valence-electron chi connectivity index (χ3n) is 4.49. The Labute approximate surface area is 122 Å². The highest BCUT2D eigenvalue weighted by Gasteiger charge is 2.36. The lowest BCUT2D eigenvalue weighted by atomic mass is 9.84. The number of amides is 2. The van der Waals surface area contributed by atoms with Crippen molar-refractivity contribution in [2.75, 3.05) is 13.1 Å². The van der Waals surface area contributed by atoms with Gasteiger partial charge in [-0.05, 0) is 25.2 Å². The topological polar surface area (TPSA) is 69.6 Å². The van der Waals surface area contributed by atoms with Crippen LogP contribution in [0, 0.1) is 5.92 Å². The van der Waals surface area contributed by atoms with Crippen molar-refractivity contribution in [3.8, 4) is 0 Å². The van der Waals surface area contributed by atoms with Crippen molar-refractivity contribution in [2.24, 2.45) is 5.92 Å². The van der Waals surface area contributed by atoms with Crippen LogP contribution in [0.4, 0.5) is 13.6 Å². The van der Waals surface area contributed by atoms with Crippen LogP contribution >= 0.6 is 0 Å². The highest BCUT2D eigenvalue weighted by molar-refractivity contribution is 5.90. The van der Waals surface area contributed by atoms with Crippen LogP contribution in [0.3, 0.4) is 0 Å². The number of hydrogen-bond acceptors (Lipinski definition) is 2. The van der Waals surface area contributed by atoms with Crippen molar-refractivity contribution in [1.29, 1.82) is 0 Å². The van der Waals surface area contributed by atoms with Gasteiger partial charge in [-0.25, -0.2) is 13.6 Å². The van der Waals surface area contributed by atoms with Gasteiger partial charge in [-0.1, -0.05) is 12.8 Å². The maximum Gasteiger partial charge on any atom is 0.408 e. The van der Waals surface area contributed by atoms with Crippen LogP contribution in [-0.2, 0) is 4.79 Å². The zero-order valence-corrected chi connectivity index (χ0v) is 12.0. The van der Waals surface area contributed by atoms with Gasteiger partial charge in [0.2, 0.25) is 11.8 Å². The molecule has 0 aromatic heterocycles. The number of carbonyl (C=O) groups is 2. The number of nitrogens with zero attached hydrogens (tertiary/aromatic N) is 1. The summed E-state index contributed by atoms with van der Waals surface area (Å²) in [4.78, 5) is 23.5. The van der Waals surface area contributed by atoms with Crippen molar-refractivity contribution in [2.45, 2.75) is 56.9 Å². The van der Waals surface area contributed by atoms with Gasteiger partial charge >= 0.3 is 6.09 Å². The van der Waals surface area contributed by atoms with Crippen LogP contribution in [0.2, 0.25) is 0 Å². The van der Waals surface area contributed by atoms with E-state index in [1.165, 1.54) is 4.90 Å². The molecule has 21 heavy (non-hydrogen) atoms. The zero-order valence-electron chi connectivity index (χ0n) is 12.0. The number of β-lactam (4-membered cyclic amide) rings is 1. The molecule has 1 atom stereocenters. The summed E-state index contributed by atoms with van der Waals surface area (Å²) in [6.07, 6.45) is 2.33. The van der Waals surface area contributed by atoms with E-state index in [1.807, 2.05) is 0 Å². The monoisotopic (exact) mass is 304 g/mol. The smallest absolute Gasteiger partial charge is 0.408 e. The Kier molecular flexibility index (Phi) is 5.00. The SMILES string of the molecule is O=C1NC[C@@H]1N(CCCCC1CCC(F)(F)CC1)C(=O)O. The fourth-order valence-corrected chi connectivity index (χ4v) is 3.02. The first-order valence-electron chi connectivity index (χ1n) is 7.54. The van der Waals surface area contributed by atoms with Gasteiger partial charge in [-0.15, -0.1) is 0 Å². The normalized spacial score (nSPS) is 25.0. The van der Waals surface area contributed by atoms with Crippen LogP contribution in [0.5, 0.6) is 0 Å². The van der Waals surface area contributed by atoms with E-state index >= 15 is 0 Å². The lowest BCUT2D eigenvalue weighted by molar-refractivity contribution is -0.132. The molecule has 1 saturated carbocycles. The minimum atomic E-state index is -2.49. The molecule has 2 fully saturated rings. The second-order valence-corrected chi connectivity index (χ2v) is 6.03. The average molecular weight is 304 g/mol. The summed E-state index contributed by atoms with van der Waals surface area (Å²) in [5.74, 6) is -2.41. The molecule has 0 radical (unpaired) electrons. The van der Waals surface area contributed by atoms with E-state index in [0.717, 1.165) is 12.8 Å². The fraction of sp³-hybridized carbons (Fsp3) is 0.857. The number of hydrogen-bond donors (Lipinski definition) is 2. The Morgan fingerprint density at radius 2 is 2.00 bits per heavy atom. The van der Waals surface area contributed by atoms with E-state index in [-0.39, 0.29) is 18.7 Å². The molecule has 0 aromatic carbocycles. The van der Waals surface area contributed by atoms with Crippen LogP contribution in [0.1, 0.15) is 44.9 Å². The van der Waals surface area contributed by atoms with E-state index in [4.69, 9.17) is 5.11 Å². The van der Waals surface area contributed by atoms with Gasteiger partial charge < -0.3 is 10.4 Å². The lowest BCUT2D eigenvalue weighted by Gasteiger charge is -2.35. The number of rotatable bonds is 6. The molecule has 2 aliphatic rings. The molecule has 0 unspecified atom stereocenters. The van der Waals surface area contributed by atoms with Gasteiger partial charge in [-0.3, -0.25) is 9.69 Å². The Morgan fingerprint density at radius 1 is 1.33 bits per heavy atom. The second kappa shape index (κ2) is 6.58. The number of carboxylic acid groups (broad SMARTS) is 1. The Hall–Kier alpha value is -1.40. The van der Waals surface area contributed by atoms with E-state index in [2.05, 4.69) is 5.32 Å². The number of alkyl halides is 2. The third-order valence-corrected chi connectivity index (χ3v) is 4.49. The maximum absolute atomic E-state index is 13.0. The molecule has 1 aliphatic carbocycles. The maximum atomic E-state index is 13.0. The molecular formula is C14H22F2N2O3. The molecule has 1 aliphatic heterocycles. The lowest BCUT2D eigenvalue weighted by Crippen LogP contribution is -2.63. The van der Waals surface area contributed by atoms with Gasteiger partial charge in [0.15, 0.2) is 0 Å². The summed E-state index contributed by atoms with van der Waals surface area (Å²) in [6.45, 7) is 0.707. The van der Waals surface area contributed by atoms with Gasteiger partial charge in [0.1, 0.15) is 6.04 Å². The van der Waals surface area contributed by atoms with Crippen molar-refractivity contribution in [3.05, 3.63) is 0 Å². The summed E-state index contributed by atoms with van der Waals surface area (Å²) < 4.78 is 26.0. The molecule has 0 bridgehead atoms. The average Bonchev–Trinajstić information content (AvgIpc) is 2.41. The molecule has 120 valence electrons. The number of carbonyl (C=O) groups excluding carboxylic acids is 1. The number of halogens is 2. The Balaban J connectivity index is 1.64. The number of nitrogens with one attached hydrogen (secondary N) is 1. The minimum Gasteiger partial charge on any atom is -0.465 e. The first kappa shape index (κ1) is 16.0. The molecular weight excluding hydrogens is 282 g/mol. The Morgan fingerprint density at radius 3 is 2.48 bits per heavy atom. The van der Waals surface area contributed by atoms with E-state index in [0.29, 0.717) is 38.3 Å². The molecule has 7 heteroatoms. The largest absolute Gasteiger partial charge is 0.465 e. The first-order valence-corrected chi connectivity index (χ1v) is 7.54. The quantitative estimate of drug-likeness (QED) is 0.585. The summed E-state index contributed by atoms with van der Waals surface area (Å²) in [6, 6.07) is -0.559. The minimum absolute atomic E-state index is 0.0266. The van der Waals surface area contributed by atoms with Crippen LogP contribution in [0.15, 0.2) is 0 Å². The van der Waals surface area contributed by atoms with Gasteiger partial charge in [0, 0.05) is 25.9 Å². The molecule has 2 N–H and O–H groups in total. The third kappa shape index (κ3) is 4.28. The summed E-state index contributed by atoms with van der Waals surface area (Å²) in [7, 11) is 0. The van der Waals surface area contributed by atoms with Crippen LogP contribution < -0.4 is 5.32 Å². The van der Waals surface area contributed by atoms with Crippen molar-refractivity contribution >= 4 is 12.0 Å². The standard InChI is InChI=1S/C14H22F2N2O3/c15-14(16)6-4-10(5-7-14)3-1-2-8-18(13(20)21)11-9-17-12(11)19/h10-11H,1-9H2,(H,17,19)(H,20,21)/t11-/m0/s1. The molecule has 0 aromatic rings. The van der Waals surface area contributed by atoms with Crippen molar-refractivity contribution in [3.63, 3.8) is 0 Å². The number of unbranched alkanes of at least 4 members (excludes halogenated alkanes) is 1. The van der Waals surface area contributed by atoms with Crippen molar-refractivity contribution < 1.29 is 23.5 Å². The molecule has 1 saturated heterocycles. The molecule has 5 nitrogen and oxygen atoms in total. The van der Waals surface area contributed by atoms with E-state index < -0.39 is 18.1 Å². The molecule has 2 rings (SSSR count). The molecule has 0 spiro atoms. The highest BCUT2D eigenvalue weighted by atomic mass is 19.3. The molecule has 1 heterocycles. The van der Waals surface area contributed by atoms with Gasteiger partial charge in [-0.2, -0.15) is 0 Å². The van der Waals surface area contributed by atoms with E-state index in [9.17, 15) is 18.4 Å².